The van der Waals surface area contributed by atoms with Crippen LogP contribution in [0.5, 0.6) is 0 Å². The van der Waals surface area contributed by atoms with Gasteiger partial charge in [-0.1, -0.05) is 47.5 Å². The SMILES string of the molecule is Cc1cccc(CC(CC(=O)Nc2cccc(Cl)c2C)C(=O)O)c1. The second-order valence-electron chi connectivity index (χ2n) is 5.89. The molecule has 0 spiro atoms. The predicted octanol–water partition coefficient (Wildman–Crippen LogP) is 4.23. The smallest absolute Gasteiger partial charge is 0.307 e. The number of carbonyl (C=O) groups is 2. The summed E-state index contributed by atoms with van der Waals surface area (Å²) >= 11 is 6.03. The predicted molar refractivity (Wildman–Crippen MR) is 95.4 cm³/mol. The molecule has 5 heteroatoms. The number of carboxylic acid groups (broad SMARTS) is 1. The Morgan fingerprint density at radius 3 is 2.54 bits per heavy atom. The molecule has 0 radical (unpaired) electrons. The van der Waals surface area contributed by atoms with Crippen LogP contribution < -0.4 is 5.32 Å². The maximum Gasteiger partial charge on any atom is 0.307 e. The van der Waals surface area contributed by atoms with Crippen LogP contribution in [0.1, 0.15) is 23.1 Å². The van der Waals surface area contributed by atoms with Crippen molar-refractivity contribution < 1.29 is 14.7 Å². The van der Waals surface area contributed by atoms with Crippen LogP contribution >= 0.6 is 11.6 Å². The van der Waals surface area contributed by atoms with Gasteiger partial charge in [0.05, 0.1) is 5.92 Å². The summed E-state index contributed by atoms with van der Waals surface area (Å²) in [6.45, 7) is 3.76. The molecule has 0 aromatic heterocycles. The molecule has 1 amide bonds. The van der Waals surface area contributed by atoms with E-state index in [1.165, 1.54) is 0 Å². The fourth-order valence-corrected chi connectivity index (χ4v) is 2.71. The van der Waals surface area contributed by atoms with E-state index in [0.29, 0.717) is 17.1 Å². The van der Waals surface area contributed by atoms with Gasteiger partial charge in [0, 0.05) is 17.1 Å². The monoisotopic (exact) mass is 345 g/mol. The van der Waals surface area contributed by atoms with Gasteiger partial charge in [0.2, 0.25) is 5.91 Å². The highest BCUT2D eigenvalue weighted by atomic mass is 35.5. The van der Waals surface area contributed by atoms with Crippen LogP contribution in [0.25, 0.3) is 0 Å². The Bertz CT molecular complexity index is 758. The molecule has 126 valence electrons. The van der Waals surface area contributed by atoms with E-state index in [1.807, 2.05) is 31.2 Å². The molecule has 0 aliphatic rings. The highest BCUT2D eigenvalue weighted by Gasteiger charge is 2.22. The first-order chi connectivity index (χ1) is 11.4. The molecule has 4 nitrogen and oxygen atoms in total. The number of nitrogens with one attached hydrogen (secondary N) is 1. The lowest BCUT2D eigenvalue weighted by Crippen LogP contribution is -2.24. The van der Waals surface area contributed by atoms with Crippen molar-refractivity contribution in [3.63, 3.8) is 0 Å². The number of carboxylic acids is 1. The van der Waals surface area contributed by atoms with Crippen molar-refractivity contribution in [1.82, 2.24) is 0 Å². The minimum atomic E-state index is -0.977. The standard InChI is InChI=1S/C19H20ClNO3/c1-12-5-3-6-14(9-12)10-15(19(23)24)11-18(22)21-17-8-4-7-16(20)13(17)2/h3-9,15H,10-11H2,1-2H3,(H,21,22)(H,23,24). The van der Waals surface area contributed by atoms with Crippen molar-refractivity contribution in [1.29, 1.82) is 0 Å². The minimum absolute atomic E-state index is 0.0881. The van der Waals surface area contributed by atoms with Gasteiger partial charge >= 0.3 is 5.97 Å². The third kappa shape index (κ3) is 4.83. The number of amides is 1. The summed E-state index contributed by atoms with van der Waals surface area (Å²) in [5.74, 6) is -2.08. The fraction of sp³-hybridized carbons (Fsp3) is 0.263. The van der Waals surface area contributed by atoms with E-state index in [1.54, 1.807) is 25.1 Å². The molecule has 0 bridgehead atoms. The molecule has 0 aliphatic heterocycles. The molecule has 0 fully saturated rings. The molecule has 1 atom stereocenters. The molecule has 0 heterocycles. The van der Waals surface area contributed by atoms with Crippen LogP contribution in [-0.2, 0) is 16.0 Å². The van der Waals surface area contributed by atoms with Gasteiger partial charge in [-0.25, -0.2) is 0 Å². The Morgan fingerprint density at radius 1 is 1.17 bits per heavy atom. The minimum Gasteiger partial charge on any atom is -0.481 e. The number of carbonyl (C=O) groups excluding carboxylic acids is 1. The number of hydrogen-bond acceptors (Lipinski definition) is 2. The van der Waals surface area contributed by atoms with Gasteiger partial charge in [-0.2, -0.15) is 0 Å². The topological polar surface area (TPSA) is 66.4 Å². The first-order valence-corrected chi connectivity index (χ1v) is 8.08. The molecule has 1 unspecified atom stereocenters. The van der Waals surface area contributed by atoms with E-state index < -0.39 is 11.9 Å². The lowest BCUT2D eigenvalue weighted by Gasteiger charge is -2.14. The average molecular weight is 346 g/mol. The first kappa shape index (κ1) is 18.0. The first-order valence-electron chi connectivity index (χ1n) is 7.70. The lowest BCUT2D eigenvalue weighted by atomic mass is 9.95. The van der Waals surface area contributed by atoms with Crippen LogP contribution in [-0.4, -0.2) is 17.0 Å². The molecule has 24 heavy (non-hydrogen) atoms. The molecule has 2 aromatic carbocycles. The number of aryl methyl sites for hydroxylation is 1. The van der Waals surface area contributed by atoms with Gasteiger partial charge in [0.15, 0.2) is 0 Å². The Balaban J connectivity index is 2.06. The molecule has 0 saturated heterocycles. The van der Waals surface area contributed by atoms with E-state index in [0.717, 1.165) is 16.7 Å². The lowest BCUT2D eigenvalue weighted by molar-refractivity contribution is -0.143. The van der Waals surface area contributed by atoms with Crippen molar-refractivity contribution in [2.24, 2.45) is 5.92 Å². The molecule has 2 N–H and O–H groups in total. The van der Waals surface area contributed by atoms with Crippen molar-refractivity contribution in [3.05, 3.63) is 64.2 Å². The third-order valence-corrected chi connectivity index (χ3v) is 4.30. The zero-order chi connectivity index (χ0) is 17.7. The number of benzene rings is 2. The summed E-state index contributed by atoms with van der Waals surface area (Å²) < 4.78 is 0. The summed E-state index contributed by atoms with van der Waals surface area (Å²) in [4.78, 5) is 23.7. The zero-order valence-corrected chi connectivity index (χ0v) is 14.4. The zero-order valence-electron chi connectivity index (χ0n) is 13.7. The van der Waals surface area contributed by atoms with Gasteiger partial charge in [-0.15, -0.1) is 0 Å². The molecular weight excluding hydrogens is 326 g/mol. The van der Waals surface area contributed by atoms with Crippen LogP contribution in [0.4, 0.5) is 5.69 Å². The maximum absolute atomic E-state index is 12.2. The van der Waals surface area contributed by atoms with E-state index in [-0.39, 0.29) is 12.3 Å². The Hall–Kier alpha value is -2.33. The van der Waals surface area contributed by atoms with E-state index >= 15 is 0 Å². The van der Waals surface area contributed by atoms with E-state index in [9.17, 15) is 14.7 Å². The number of aliphatic carboxylic acids is 1. The summed E-state index contributed by atoms with van der Waals surface area (Å²) in [7, 11) is 0. The number of rotatable bonds is 6. The molecule has 0 saturated carbocycles. The Labute approximate surface area is 146 Å². The molecule has 0 aliphatic carbocycles. The molecular formula is C19H20ClNO3. The van der Waals surface area contributed by atoms with Crippen LogP contribution in [0.15, 0.2) is 42.5 Å². The second-order valence-corrected chi connectivity index (χ2v) is 6.30. The number of anilines is 1. The van der Waals surface area contributed by atoms with Gasteiger partial charge in [0.25, 0.3) is 0 Å². The number of halogens is 1. The van der Waals surface area contributed by atoms with Crippen molar-refractivity contribution in [3.8, 4) is 0 Å². The van der Waals surface area contributed by atoms with Crippen LogP contribution in [0.2, 0.25) is 5.02 Å². The largest absolute Gasteiger partial charge is 0.481 e. The fourth-order valence-electron chi connectivity index (χ4n) is 2.54. The highest BCUT2D eigenvalue weighted by Crippen LogP contribution is 2.23. The quantitative estimate of drug-likeness (QED) is 0.823. The highest BCUT2D eigenvalue weighted by molar-refractivity contribution is 6.31. The average Bonchev–Trinajstić information content (AvgIpc) is 2.51. The van der Waals surface area contributed by atoms with Crippen molar-refractivity contribution in [2.75, 3.05) is 5.32 Å². The molecule has 2 aromatic rings. The van der Waals surface area contributed by atoms with Crippen molar-refractivity contribution in [2.45, 2.75) is 26.7 Å². The number of hydrogen-bond donors (Lipinski definition) is 2. The normalized spacial score (nSPS) is 11.8. The second kappa shape index (κ2) is 7.97. The third-order valence-electron chi connectivity index (χ3n) is 3.89. The summed E-state index contributed by atoms with van der Waals surface area (Å²) in [5.41, 5.74) is 3.34. The molecule has 2 rings (SSSR count). The van der Waals surface area contributed by atoms with E-state index in [2.05, 4.69) is 5.32 Å². The van der Waals surface area contributed by atoms with Gasteiger partial charge in [-0.3, -0.25) is 9.59 Å². The summed E-state index contributed by atoms with van der Waals surface area (Å²) in [6.07, 6.45) is 0.230. The Kier molecular flexibility index (Phi) is 5.99. The maximum atomic E-state index is 12.2. The van der Waals surface area contributed by atoms with Gasteiger partial charge in [-0.05, 0) is 43.5 Å². The Morgan fingerprint density at radius 2 is 1.88 bits per heavy atom. The van der Waals surface area contributed by atoms with Crippen LogP contribution in [0, 0.1) is 19.8 Å². The van der Waals surface area contributed by atoms with Crippen molar-refractivity contribution >= 4 is 29.2 Å². The van der Waals surface area contributed by atoms with Crippen LogP contribution in [0.3, 0.4) is 0 Å². The van der Waals surface area contributed by atoms with Gasteiger partial charge < -0.3 is 10.4 Å². The van der Waals surface area contributed by atoms with E-state index in [4.69, 9.17) is 11.6 Å². The summed E-state index contributed by atoms with van der Waals surface area (Å²) in [5, 5.41) is 12.7. The summed E-state index contributed by atoms with van der Waals surface area (Å²) in [6, 6.07) is 12.9. The van der Waals surface area contributed by atoms with Gasteiger partial charge in [0.1, 0.15) is 0 Å².